The minimum atomic E-state index is -0.196. The molecule has 0 fully saturated rings. The van der Waals surface area contributed by atoms with Crippen LogP contribution in [0.5, 0.6) is 0 Å². The lowest BCUT2D eigenvalue weighted by Crippen LogP contribution is -2.27. The Balaban J connectivity index is 2.37. The molecule has 1 aromatic carbocycles. The van der Waals surface area contributed by atoms with Crippen molar-refractivity contribution in [2.75, 3.05) is 39.5 Å². The first-order chi connectivity index (χ1) is 12.5. The average molecular weight is 364 g/mol. The number of nitrogens with zero attached hydrogens (tertiary/aromatic N) is 1. The summed E-state index contributed by atoms with van der Waals surface area (Å²) in [5.74, 6) is 0.282. The maximum Gasteiger partial charge on any atom is 0.313 e. The maximum absolute atomic E-state index is 12.4. The lowest BCUT2D eigenvalue weighted by Gasteiger charge is -2.18. The van der Waals surface area contributed by atoms with Crippen LogP contribution in [0.2, 0.25) is 0 Å². The van der Waals surface area contributed by atoms with Crippen molar-refractivity contribution in [3.63, 3.8) is 0 Å². The number of ether oxygens (including phenoxy) is 2. The second kappa shape index (κ2) is 12.9. The second-order valence-electron chi connectivity index (χ2n) is 7.11. The number of esters is 1. The molecular weight excluding hydrogens is 326 g/mol. The van der Waals surface area contributed by atoms with Gasteiger partial charge in [-0.15, -0.1) is 0 Å². The quantitative estimate of drug-likeness (QED) is 0.387. The van der Waals surface area contributed by atoms with Gasteiger partial charge in [0.1, 0.15) is 6.61 Å². The number of benzene rings is 1. The van der Waals surface area contributed by atoms with E-state index in [-0.39, 0.29) is 11.9 Å². The van der Waals surface area contributed by atoms with E-state index in [2.05, 4.69) is 56.9 Å². The SMILES string of the molecule is CCC(C(=O)OCCOCCN(CC)CC)c1ccc(CC(C)C)cc1. The van der Waals surface area contributed by atoms with Crippen molar-refractivity contribution in [1.29, 1.82) is 0 Å². The molecule has 4 heteroatoms. The lowest BCUT2D eigenvalue weighted by atomic mass is 9.94. The first-order valence-corrected chi connectivity index (χ1v) is 10.1. The van der Waals surface area contributed by atoms with E-state index in [1.165, 1.54) is 5.56 Å². The zero-order valence-corrected chi connectivity index (χ0v) is 17.3. The molecule has 1 rings (SSSR count). The van der Waals surface area contributed by atoms with Gasteiger partial charge in [0.2, 0.25) is 0 Å². The highest BCUT2D eigenvalue weighted by molar-refractivity contribution is 5.78. The Morgan fingerprint density at radius 2 is 1.65 bits per heavy atom. The zero-order chi connectivity index (χ0) is 19.4. The highest BCUT2D eigenvalue weighted by Gasteiger charge is 2.20. The number of carbonyl (C=O) groups is 1. The topological polar surface area (TPSA) is 38.8 Å². The smallest absolute Gasteiger partial charge is 0.313 e. The van der Waals surface area contributed by atoms with Gasteiger partial charge in [-0.1, -0.05) is 58.9 Å². The van der Waals surface area contributed by atoms with Crippen LogP contribution >= 0.6 is 0 Å². The molecular formula is C22H37NO3. The van der Waals surface area contributed by atoms with Crippen LogP contribution in [0.1, 0.15) is 58.1 Å². The van der Waals surface area contributed by atoms with Gasteiger partial charge in [0.25, 0.3) is 0 Å². The Hall–Kier alpha value is -1.39. The summed E-state index contributed by atoms with van der Waals surface area (Å²) in [7, 11) is 0. The van der Waals surface area contributed by atoms with E-state index in [0.717, 1.165) is 38.0 Å². The fourth-order valence-corrected chi connectivity index (χ4v) is 3.03. The van der Waals surface area contributed by atoms with Gasteiger partial charge in [0.05, 0.1) is 19.1 Å². The van der Waals surface area contributed by atoms with Crippen LogP contribution in [-0.2, 0) is 20.7 Å². The van der Waals surface area contributed by atoms with Crippen molar-refractivity contribution >= 4 is 5.97 Å². The highest BCUT2D eigenvalue weighted by atomic mass is 16.6. The third kappa shape index (κ3) is 8.33. The lowest BCUT2D eigenvalue weighted by molar-refractivity contribution is -0.147. The van der Waals surface area contributed by atoms with Crippen molar-refractivity contribution in [3.05, 3.63) is 35.4 Å². The van der Waals surface area contributed by atoms with Crippen LogP contribution in [0.25, 0.3) is 0 Å². The summed E-state index contributed by atoms with van der Waals surface area (Å²) in [5.41, 5.74) is 2.35. The van der Waals surface area contributed by atoms with E-state index in [0.29, 0.717) is 25.7 Å². The molecule has 0 aliphatic rings. The van der Waals surface area contributed by atoms with Gasteiger partial charge in [-0.2, -0.15) is 0 Å². The molecule has 4 nitrogen and oxygen atoms in total. The fourth-order valence-electron chi connectivity index (χ4n) is 3.03. The first kappa shape index (κ1) is 22.7. The van der Waals surface area contributed by atoms with Crippen molar-refractivity contribution in [3.8, 4) is 0 Å². The predicted octanol–water partition coefficient (Wildman–Crippen LogP) is 4.28. The number of likely N-dealkylation sites (N-methyl/N-ethyl adjacent to an activating group) is 1. The van der Waals surface area contributed by atoms with Gasteiger partial charge in [0, 0.05) is 6.54 Å². The van der Waals surface area contributed by atoms with Crippen molar-refractivity contribution in [1.82, 2.24) is 4.90 Å². The molecule has 0 saturated heterocycles. The summed E-state index contributed by atoms with van der Waals surface area (Å²) in [5, 5.41) is 0. The van der Waals surface area contributed by atoms with Gasteiger partial charge in [-0.25, -0.2) is 0 Å². The number of rotatable bonds is 13. The number of hydrogen-bond acceptors (Lipinski definition) is 4. The monoisotopic (exact) mass is 363 g/mol. The van der Waals surface area contributed by atoms with E-state index in [4.69, 9.17) is 9.47 Å². The zero-order valence-electron chi connectivity index (χ0n) is 17.3. The maximum atomic E-state index is 12.4. The van der Waals surface area contributed by atoms with Gasteiger partial charge in [-0.3, -0.25) is 4.79 Å². The molecule has 0 aliphatic carbocycles. The Bertz CT molecular complexity index is 495. The molecule has 0 radical (unpaired) electrons. The Morgan fingerprint density at radius 3 is 2.19 bits per heavy atom. The minimum Gasteiger partial charge on any atom is -0.463 e. The van der Waals surface area contributed by atoms with Gasteiger partial charge >= 0.3 is 5.97 Å². The summed E-state index contributed by atoms with van der Waals surface area (Å²) in [6.45, 7) is 15.2. The van der Waals surface area contributed by atoms with E-state index >= 15 is 0 Å². The standard InChI is InChI=1S/C22H37NO3/c1-6-21(20-11-9-19(10-12-20)17-18(4)5)22(24)26-16-15-25-14-13-23(7-2)8-3/h9-12,18,21H,6-8,13-17H2,1-5H3. The summed E-state index contributed by atoms with van der Waals surface area (Å²) in [6.07, 6.45) is 1.80. The molecule has 0 heterocycles. The third-order valence-electron chi connectivity index (χ3n) is 4.64. The van der Waals surface area contributed by atoms with Crippen LogP contribution in [0.4, 0.5) is 0 Å². The molecule has 0 amide bonds. The molecule has 1 aromatic rings. The normalized spacial score (nSPS) is 12.6. The van der Waals surface area contributed by atoms with E-state index in [9.17, 15) is 4.79 Å². The minimum absolute atomic E-state index is 0.156. The summed E-state index contributed by atoms with van der Waals surface area (Å²) < 4.78 is 11.0. The van der Waals surface area contributed by atoms with Crippen LogP contribution in [0, 0.1) is 5.92 Å². The van der Waals surface area contributed by atoms with Crippen LogP contribution in [-0.4, -0.2) is 50.3 Å². The molecule has 1 atom stereocenters. The molecule has 0 bridgehead atoms. The van der Waals surface area contributed by atoms with E-state index in [1.807, 2.05) is 6.92 Å². The van der Waals surface area contributed by atoms with Gasteiger partial charge < -0.3 is 14.4 Å². The van der Waals surface area contributed by atoms with Crippen LogP contribution in [0.15, 0.2) is 24.3 Å². The molecule has 0 aromatic heterocycles. The van der Waals surface area contributed by atoms with Gasteiger partial charge in [-0.05, 0) is 43.0 Å². The van der Waals surface area contributed by atoms with E-state index < -0.39 is 0 Å². The molecule has 26 heavy (non-hydrogen) atoms. The summed E-state index contributed by atoms with van der Waals surface area (Å²) in [4.78, 5) is 14.7. The van der Waals surface area contributed by atoms with Crippen LogP contribution in [0.3, 0.4) is 0 Å². The first-order valence-electron chi connectivity index (χ1n) is 10.1. The number of carbonyl (C=O) groups excluding carboxylic acids is 1. The van der Waals surface area contributed by atoms with Crippen LogP contribution < -0.4 is 0 Å². The Kier molecular flexibility index (Phi) is 11.2. The highest BCUT2D eigenvalue weighted by Crippen LogP contribution is 2.22. The largest absolute Gasteiger partial charge is 0.463 e. The van der Waals surface area contributed by atoms with Crippen molar-refractivity contribution in [2.45, 2.75) is 53.4 Å². The molecule has 0 saturated carbocycles. The molecule has 0 aliphatic heterocycles. The Morgan fingerprint density at radius 1 is 1.00 bits per heavy atom. The molecule has 0 spiro atoms. The molecule has 148 valence electrons. The fraction of sp³-hybridized carbons (Fsp3) is 0.682. The number of hydrogen-bond donors (Lipinski definition) is 0. The van der Waals surface area contributed by atoms with E-state index in [1.54, 1.807) is 0 Å². The molecule has 0 N–H and O–H groups in total. The van der Waals surface area contributed by atoms with Gasteiger partial charge in [0.15, 0.2) is 0 Å². The van der Waals surface area contributed by atoms with Crippen molar-refractivity contribution < 1.29 is 14.3 Å². The van der Waals surface area contributed by atoms with Crippen molar-refractivity contribution in [2.24, 2.45) is 5.92 Å². The second-order valence-corrected chi connectivity index (χ2v) is 7.11. The third-order valence-corrected chi connectivity index (χ3v) is 4.64. The Labute approximate surface area is 159 Å². The summed E-state index contributed by atoms with van der Waals surface area (Å²) in [6, 6.07) is 8.38. The summed E-state index contributed by atoms with van der Waals surface area (Å²) >= 11 is 0. The predicted molar refractivity (Wildman–Crippen MR) is 108 cm³/mol. The average Bonchev–Trinajstić information content (AvgIpc) is 2.63. The molecule has 1 unspecified atom stereocenters.